The lowest BCUT2D eigenvalue weighted by Crippen LogP contribution is -2.48. The zero-order valence-corrected chi connectivity index (χ0v) is 16.9. The van der Waals surface area contributed by atoms with Crippen LogP contribution in [-0.4, -0.2) is 50.9 Å². The van der Waals surface area contributed by atoms with E-state index in [1.54, 1.807) is 11.8 Å². The lowest BCUT2D eigenvalue weighted by molar-refractivity contribution is -0.147. The minimum atomic E-state index is -0.795. The van der Waals surface area contributed by atoms with E-state index in [0.29, 0.717) is 17.3 Å². The predicted octanol–water partition coefficient (Wildman–Crippen LogP) is 1.97. The number of thioether (sulfide) groups is 1. The number of amides is 3. The van der Waals surface area contributed by atoms with E-state index < -0.39 is 6.04 Å². The van der Waals surface area contributed by atoms with Gasteiger partial charge in [0.2, 0.25) is 22.9 Å². The van der Waals surface area contributed by atoms with Crippen LogP contribution in [-0.2, 0) is 20.8 Å². The monoisotopic (exact) mass is 406 g/mol. The molecule has 0 aromatic carbocycles. The standard InChI is InChI=1S/C18H22N4O3S2/c1-3-12-20-21-18(27-12)19-15(23)11(6-7-26-2)22-16(24)13-9-4-5-10(8-9)14(13)17(22)25/h4-5,9-11,13-14H,3,6-8H2,1-2H3,(H,19,21,23). The first-order valence-electron chi connectivity index (χ1n) is 9.22. The SMILES string of the molecule is CCc1nnc(NC(=O)C(CCSC)N2C(=O)C3C4C=CC(C4)C3C2=O)s1. The van der Waals surface area contributed by atoms with Gasteiger partial charge >= 0.3 is 0 Å². The maximum Gasteiger partial charge on any atom is 0.249 e. The Hall–Kier alpha value is -1.74. The second-order valence-corrected chi connectivity index (χ2v) is 9.24. The minimum absolute atomic E-state index is 0.140. The Labute approximate surface area is 166 Å². The summed E-state index contributed by atoms with van der Waals surface area (Å²) in [6, 6.07) is -0.795. The largest absolute Gasteiger partial charge is 0.299 e. The Morgan fingerprint density at radius 2 is 1.96 bits per heavy atom. The summed E-state index contributed by atoms with van der Waals surface area (Å²) in [7, 11) is 0. The molecule has 0 radical (unpaired) electrons. The highest BCUT2D eigenvalue weighted by Gasteiger charge is 2.61. The maximum absolute atomic E-state index is 13.1. The number of carbonyl (C=O) groups excluding carboxylic acids is 3. The van der Waals surface area contributed by atoms with Crippen molar-refractivity contribution in [2.45, 2.75) is 32.2 Å². The second-order valence-electron chi connectivity index (χ2n) is 7.19. The molecule has 2 bridgehead atoms. The fraction of sp³-hybridized carbons (Fsp3) is 0.611. The van der Waals surface area contributed by atoms with Crippen molar-refractivity contribution in [3.05, 3.63) is 17.2 Å². The van der Waals surface area contributed by atoms with Gasteiger partial charge in [0.25, 0.3) is 0 Å². The van der Waals surface area contributed by atoms with E-state index in [4.69, 9.17) is 0 Å². The van der Waals surface area contributed by atoms with E-state index >= 15 is 0 Å². The van der Waals surface area contributed by atoms with E-state index in [-0.39, 0.29) is 41.4 Å². The number of hydrogen-bond acceptors (Lipinski definition) is 7. The third-order valence-corrected chi connectivity index (χ3v) is 7.34. The summed E-state index contributed by atoms with van der Waals surface area (Å²) in [6.45, 7) is 1.97. The Morgan fingerprint density at radius 3 is 2.52 bits per heavy atom. The fourth-order valence-corrected chi connectivity index (χ4v) is 5.62. The summed E-state index contributed by atoms with van der Waals surface area (Å²) < 4.78 is 0. The molecule has 1 saturated heterocycles. The van der Waals surface area contributed by atoms with Gasteiger partial charge in [-0.2, -0.15) is 11.8 Å². The lowest BCUT2D eigenvalue weighted by atomic mass is 9.85. The Bertz CT molecular complexity index is 778. The van der Waals surface area contributed by atoms with Crippen LogP contribution in [0, 0.1) is 23.7 Å². The molecule has 3 aliphatic rings. The molecule has 1 aromatic rings. The molecule has 1 aliphatic heterocycles. The van der Waals surface area contributed by atoms with Crippen LogP contribution < -0.4 is 5.32 Å². The molecule has 3 amide bonds. The molecular formula is C18H22N4O3S2. The van der Waals surface area contributed by atoms with Crippen molar-refractivity contribution < 1.29 is 14.4 Å². The van der Waals surface area contributed by atoms with Crippen molar-refractivity contribution in [1.82, 2.24) is 15.1 Å². The zero-order valence-electron chi connectivity index (χ0n) is 15.3. The number of aromatic nitrogens is 2. The third kappa shape index (κ3) is 3.10. The molecule has 2 heterocycles. The summed E-state index contributed by atoms with van der Waals surface area (Å²) in [4.78, 5) is 40.3. The highest BCUT2D eigenvalue weighted by Crippen LogP contribution is 2.53. The number of carbonyl (C=O) groups is 3. The van der Waals surface area contributed by atoms with Gasteiger partial charge in [-0.05, 0) is 43.1 Å². The first kappa shape index (κ1) is 18.6. The molecule has 0 spiro atoms. The number of fused-ring (bicyclic) bond motifs is 5. The van der Waals surface area contributed by atoms with Gasteiger partial charge in [-0.25, -0.2) is 0 Å². The van der Waals surface area contributed by atoms with E-state index in [9.17, 15) is 14.4 Å². The van der Waals surface area contributed by atoms with Crippen LogP contribution in [0.25, 0.3) is 0 Å². The molecule has 5 atom stereocenters. The first-order chi connectivity index (χ1) is 13.0. The van der Waals surface area contributed by atoms with Gasteiger partial charge in [0, 0.05) is 0 Å². The summed E-state index contributed by atoms with van der Waals surface area (Å²) in [5.74, 6) is -0.335. The number of rotatable bonds is 7. The number of nitrogens with zero attached hydrogens (tertiary/aromatic N) is 3. The van der Waals surface area contributed by atoms with Crippen molar-refractivity contribution >= 4 is 46.0 Å². The molecule has 9 heteroatoms. The molecule has 4 rings (SSSR count). The van der Waals surface area contributed by atoms with Crippen LogP contribution in [0.3, 0.4) is 0 Å². The van der Waals surface area contributed by atoms with E-state index in [0.717, 1.165) is 17.8 Å². The molecule has 1 saturated carbocycles. The Balaban J connectivity index is 1.55. The number of allylic oxidation sites excluding steroid dienone is 2. The van der Waals surface area contributed by atoms with Crippen molar-refractivity contribution in [2.24, 2.45) is 23.7 Å². The van der Waals surface area contributed by atoms with Gasteiger partial charge in [-0.1, -0.05) is 30.4 Å². The molecule has 2 aliphatic carbocycles. The predicted molar refractivity (Wildman–Crippen MR) is 104 cm³/mol. The van der Waals surface area contributed by atoms with Crippen LogP contribution in [0.2, 0.25) is 0 Å². The maximum atomic E-state index is 13.1. The van der Waals surface area contributed by atoms with E-state index in [2.05, 4.69) is 27.7 Å². The van der Waals surface area contributed by atoms with E-state index in [1.807, 2.05) is 13.2 Å². The molecule has 2 fully saturated rings. The summed E-state index contributed by atoms with van der Waals surface area (Å²) in [5.41, 5.74) is 0. The minimum Gasteiger partial charge on any atom is -0.299 e. The topological polar surface area (TPSA) is 92.3 Å². The summed E-state index contributed by atoms with van der Waals surface area (Å²) >= 11 is 2.91. The number of imide groups is 1. The van der Waals surface area contributed by atoms with Crippen LogP contribution in [0.15, 0.2) is 12.2 Å². The number of aryl methyl sites for hydroxylation is 1. The van der Waals surface area contributed by atoms with Gasteiger partial charge in [0.05, 0.1) is 11.8 Å². The number of likely N-dealkylation sites (tertiary alicyclic amines) is 1. The lowest BCUT2D eigenvalue weighted by Gasteiger charge is -2.26. The summed E-state index contributed by atoms with van der Waals surface area (Å²) in [5, 5.41) is 12.0. The van der Waals surface area contributed by atoms with Crippen LogP contribution in [0.1, 0.15) is 24.8 Å². The molecular weight excluding hydrogens is 384 g/mol. The Kier molecular flexibility index (Phi) is 5.07. The molecule has 144 valence electrons. The number of anilines is 1. The molecule has 27 heavy (non-hydrogen) atoms. The highest BCUT2D eigenvalue weighted by molar-refractivity contribution is 7.98. The van der Waals surface area contributed by atoms with Gasteiger partial charge in [0.15, 0.2) is 0 Å². The van der Waals surface area contributed by atoms with Crippen molar-refractivity contribution in [2.75, 3.05) is 17.3 Å². The fourth-order valence-electron chi connectivity index (χ4n) is 4.48. The quantitative estimate of drug-likeness (QED) is 0.550. The van der Waals surface area contributed by atoms with Gasteiger partial charge in [0.1, 0.15) is 11.0 Å². The molecule has 1 aromatic heterocycles. The van der Waals surface area contributed by atoms with Crippen LogP contribution in [0.4, 0.5) is 5.13 Å². The normalized spacial score (nSPS) is 29.5. The van der Waals surface area contributed by atoms with Gasteiger partial charge in [-0.15, -0.1) is 10.2 Å². The van der Waals surface area contributed by atoms with Gasteiger partial charge in [-0.3, -0.25) is 24.6 Å². The second kappa shape index (κ2) is 7.35. The van der Waals surface area contributed by atoms with Crippen molar-refractivity contribution in [1.29, 1.82) is 0 Å². The highest BCUT2D eigenvalue weighted by atomic mass is 32.2. The zero-order chi connectivity index (χ0) is 19.1. The average Bonchev–Trinajstić information content (AvgIpc) is 3.42. The number of nitrogens with one attached hydrogen (secondary N) is 1. The molecule has 1 N–H and O–H groups in total. The van der Waals surface area contributed by atoms with E-state index in [1.165, 1.54) is 16.2 Å². The van der Waals surface area contributed by atoms with Crippen LogP contribution >= 0.6 is 23.1 Å². The third-order valence-electron chi connectivity index (χ3n) is 5.71. The summed E-state index contributed by atoms with van der Waals surface area (Å²) in [6.07, 6.45) is 8.13. The van der Waals surface area contributed by atoms with Gasteiger partial charge < -0.3 is 0 Å². The smallest absolute Gasteiger partial charge is 0.249 e. The Morgan fingerprint density at radius 1 is 1.30 bits per heavy atom. The molecule has 5 unspecified atom stereocenters. The molecule has 7 nitrogen and oxygen atoms in total. The number of hydrogen-bond donors (Lipinski definition) is 1. The first-order valence-corrected chi connectivity index (χ1v) is 11.4. The van der Waals surface area contributed by atoms with Crippen molar-refractivity contribution in [3.63, 3.8) is 0 Å². The average molecular weight is 407 g/mol. The van der Waals surface area contributed by atoms with Crippen LogP contribution in [0.5, 0.6) is 0 Å². The van der Waals surface area contributed by atoms with Crippen molar-refractivity contribution in [3.8, 4) is 0 Å².